The highest BCUT2D eigenvalue weighted by atomic mass is 19.1. The maximum Gasteiger partial charge on any atom is 0.236 e. The number of carbonyl (C=O) groups excluding carboxylic acids is 1. The number of anilines is 1. The van der Waals surface area contributed by atoms with E-state index in [2.05, 4.69) is 4.98 Å². The van der Waals surface area contributed by atoms with Gasteiger partial charge in [-0.15, -0.1) is 0 Å². The SMILES string of the molecule is O=C1N([C@H]2CC[C@@H](O)CC2)CCC12CCN(c1cc(F)cnc1F)CC2. The molecule has 0 unspecified atom stereocenters. The number of pyridine rings is 1. The molecule has 1 aromatic heterocycles. The topological polar surface area (TPSA) is 56.7 Å². The Morgan fingerprint density at radius 2 is 1.73 bits per heavy atom. The van der Waals surface area contributed by atoms with Gasteiger partial charge in [0.15, 0.2) is 0 Å². The zero-order valence-electron chi connectivity index (χ0n) is 14.8. The van der Waals surface area contributed by atoms with E-state index in [1.165, 1.54) is 6.07 Å². The average molecular weight is 365 g/mol. The van der Waals surface area contributed by atoms with Crippen LogP contribution in [0.15, 0.2) is 12.3 Å². The molecule has 1 N–H and O–H groups in total. The van der Waals surface area contributed by atoms with Gasteiger partial charge in [0.25, 0.3) is 0 Å². The molecular formula is C19H25F2N3O2. The Morgan fingerprint density at radius 1 is 1.08 bits per heavy atom. The first-order chi connectivity index (χ1) is 12.5. The molecule has 1 spiro atoms. The number of aliphatic hydroxyl groups is 1. The van der Waals surface area contributed by atoms with Crippen LogP contribution in [0.5, 0.6) is 0 Å². The Kier molecular flexibility index (Phi) is 4.59. The second kappa shape index (κ2) is 6.76. The molecule has 0 radical (unpaired) electrons. The first kappa shape index (κ1) is 17.6. The first-order valence-electron chi connectivity index (χ1n) is 9.54. The summed E-state index contributed by atoms with van der Waals surface area (Å²) >= 11 is 0. The fraction of sp³-hybridized carbons (Fsp3) is 0.684. The molecule has 1 saturated carbocycles. The van der Waals surface area contributed by atoms with Crippen molar-refractivity contribution < 1.29 is 18.7 Å². The normalized spacial score (nSPS) is 28.8. The van der Waals surface area contributed by atoms with E-state index < -0.39 is 11.8 Å². The maximum atomic E-state index is 13.9. The van der Waals surface area contributed by atoms with Crippen LogP contribution >= 0.6 is 0 Å². The third-order valence-corrected chi connectivity index (χ3v) is 6.50. The number of nitrogens with zero attached hydrogens (tertiary/aromatic N) is 3. The zero-order chi connectivity index (χ0) is 18.3. The van der Waals surface area contributed by atoms with Gasteiger partial charge < -0.3 is 14.9 Å². The lowest BCUT2D eigenvalue weighted by atomic mass is 9.77. The van der Waals surface area contributed by atoms with Gasteiger partial charge >= 0.3 is 0 Å². The largest absolute Gasteiger partial charge is 0.393 e. The zero-order valence-corrected chi connectivity index (χ0v) is 14.8. The molecule has 2 saturated heterocycles. The van der Waals surface area contributed by atoms with Crippen LogP contribution in [0.4, 0.5) is 14.5 Å². The smallest absolute Gasteiger partial charge is 0.236 e. The van der Waals surface area contributed by atoms with Crippen LogP contribution in [0, 0.1) is 17.2 Å². The lowest BCUT2D eigenvalue weighted by Gasteiger charge is -2.40. The van der Waals surface area contributed by atoms with Gasteiger partial charge in [-0.25, -0.2) is 9.37 Å². The summed E-state index contributed by atoms with van der Waals surface area (Å²) in [7, 11) is 0. The van der Waals surface area contributed by atoms with Crippen molar-refractivity contribution in [3.63, 3.8) is 0 Å². The summed E-state index contributed by atoms with van der Waals surface area (Å²) in [6.45, 7) is 1.84. The van der Waals surface area contributed by atoms with Crippen LogP contribution in [-0.4, -0.2) is 52.7 Å². The molecule has 3 fully saturated rings. The minimum Gasteiger partial charge on any atom is -0.393 e. The van der Waals surface area contributed by atoms with Crippen molar-refractivity contribution in [2.75, 3.05) is 24.5 Å². The lowest BCUT2D eigenvalue weighted by Crippen LogP contribution is -2.47. The minimum absolute atomic E-state index is 0.184. The summed E-state index contributed by atoms with van der Waals surface area (Å²) in [5.74, 6) is -0.997. The van der Waals surface area contributed by atoms with Crippen LogP contribution in [0.3, 0.4) is 0 Å². The van der Waals surface area contributed by atoms with Crippen molar-refractivity contribution in [3.8, 4) is 0 Å². The summed E-state index contributed by atoms with van der Waals surface area (Å²) in [5, 5.41) is 9.69. The molecule has 0 atom stereocenters. The van der Waals surface area contributed by atoms with Crippen LogP contribution < -0.4 is 4.90 Å². The predicted molar refractivity (Wildman–Crippen MR) is 92.6 cm³/mol. The van der Waals surface area contributed by atoms with E-state index in [0.29, 0.717) is 25.9 Å². The third kappa shape index (κ3) is 3.06. The van der Waals surface area contributed by atoms with Crippen LogP contribution in [0.1, 0.15) is 44.9 Å². The minimum atomic E-state index is -0.664. The van der Waals surface area contributed by atoms with E-state index in [9.17, 15) is 18.7 Å². The molecule has 3 heterocycles. The number of rotatable bonds is 2. The van der Waals surface area contributed by atoms with Crippen molar-refractivity contribution in [3.05, 3.63) is 24.0 Å². The molecule has 1 aromatic rings. The molecule has 1 amide bonds. The number of likely N-dealkylation sites (tertiary alicyclic amines) is 1. The lowest BCUT2D eigenvalue weighted by molar-refractivity contribution is -0.139. The number of aliphatic hydroxyl groups excluding tert-OH is 1. The van der Waals surface area contributed by atoms with Crippen molar-refractivity contribution in [2.45, 2.75) is 57.1 Å². The summed E-state index contributed by atoms with van der Waals surface area (Å²) in [6, 6.07) is 1.42. The number of piperidine rings is 1. The van der Waals surface area contributed by atoms with E-state index >= 15 is 0 Å². The molecule has 26 heavy (non-hydrogen) atoms. The van der Waals surface area contributed by atoms with Crippen molar-refractivity contribution in [1.82, 2.24) is 9.88 Å². The molecule has 1 aliphatic carbocycles. The first-order valence-corrected chi connectivity index (χ1v) is 9.54. The van der Waals surface area contributed by atoms with Gasteiger partial charge in [0.1, 0.15) is 5.82 Å². The molecule has 142 valence electrons. The summed E-state index contributed by atoms with van der Waals surface area (Å²) in [5.41, 5.74) is -0.174. The number of amides is 1. The molecule has 2 aliphatic heterocycles. The van der Waals surface area contributed by atoms with E-state index in [1.807, 2.05) is 4.90 Å². The maximum absolute atomic E-state index is 13.9. The summed E-state index contributed by atoms with van der Waals surface area (Å²) in [6.07, 6.45) is 6.08. The van der Waals surface area contributed by atoms with Gasteiger partial charge in [-0.05, 0) is 44.9 Å². The standard InChI is InChI=1S/C19H25F2N3O2/c20-13-11-16(17(21)22-12-13)23-8-5-19(6-9-23)7-10-24(18(19)26)14-1-3-15(25)4-2-14/h11-12,14-15,25H,1-10H2/t14-,15+. The van der Waals surface area contributed by atoms with Crippen LogP contribution in [0.2, 0.25) is 0 Å². The van der Waals surface area contributed by atoms with Gasteiger partial charge in [0.05, 0.1) is 23.4 Å². The number of aromatic nitrogens is 1. The van der Waals surface area contributed by atoms with Crippen LogP contribution in [-0.2, 0) is 4.79 Å². The Morgan fingerprint density at radius 3 is 2.42 bits per heavy atom. The Balaban J connectivity index is 1.42. The van der Waals surface area contributed by atoms with Crippen LogP contribution in [0.25, 0.3) is 0 Å². The van der Waals surface area contributed by atoms with Crippen molar-refractivity contribution in [1.29, 1.82) is 0 Å². The number of hydrogen-bond acceptors (Lipinski definition) is 4. The quantitative estimate of drug-likeness (QED) is 0.818. The number of hydrogen-bond donors (Lipinski definition) is 1. The predicted octanol–water partition coefficient (Wildman–Crippen LogP) is 2.48. The second-order valence-electron chi connectivity index (χ2n) is 7.94. The highest BCUT2D eigenvalue weighted by molar-refractivity contribution is 5.85. The molecule has 7 heteroatoms. The van der Waals surface area contributed by atoms with Gasteiger partial charge in [-0.1, -0.05) is 0 Å². The third-order valence-electron chi connectivity index (χ3n) is 6.50. The van der Waals surface area contributed by atoms with Crippen molar-refractivity contribution >= 4 is 11.6 Å². The van der Waals surface area contributed by atoms with E-state index in [1.54, 1.807) is 4.90 Å². The molecule has 4 rings (SSSR count). The Bertz CT molecular complexity index is 683. The monoisotopic (exact) mass is 365 g/mol. The summed E-state index contributed by atoms with van der Waals surface area (Å²) < 4.78 is 27.3. The second-order valence-corrected chi connectivity index (χ2v) is 7.94. The van der Waals surface area contributed by atoms with Crippen molar-refractivity contribution in [2.24, 2.45) is 5.41 Å². The highest BCUT2D eigenvalue weighted by Gasteiger charge is 2.50. The molecule has 0 bridgehead atoms. The molecular weight excluding hydrogens is 340 g/mol. The molecule has 3 aliphatic rings. The molecule has 5 nitrogen and oxygen atoms in total. The van der Waals surface area contributed by atoms with Gasteiger partial charge in [0, 0.05) is 31.7 Å². The van der Waals surface area contributed by atoms with E-state index in [4.69, 9.17) is 0 Å². The fourth-order valence-corrected chi connectivity index (χ4v) is 4.84. The Hall–Kier alpha value is -1.76. The van der Waals surface area contributed by atoms with Gasteiger partial charge in [-0.2, -0.15) is 4.39 Å². The van der Waals surface area contributed by atoms with Gasteiger partial charge in [-0.3, -0.25) is 4.79 Å². The van der Waals surface area contributed by atoms with E-state index in [-0.39, 0.29) is 29.2 Å². The average Bonchev–Trinajstić information content (AvgIpc) is 2.95. The molecule has 0 aromatic carbocycles. The highest BCUT2D eigenvalue weighted by Crippen LogP contribution is 2.44. The van der Waals surface area contributed by atoms with Gasteiger partial charge in [0.2, 0.25) is 11.9 Å². The number of carbonyl (C=O) groups is 1. The number of halogens is 2. The fourth-order valence-electron chi connectivity index (χ4n) is 4.84. The Labute approximate surface area is 152 Å². The van der Waals surface area contributed by atoms with E-state index in [0.717, 1.165) is 44.8 Å². The summed E-state index contributed by atoms with van der Waals surface area (Å²) in [4.78, 5) is 20.4.